The summed E-state index contributed by atoms with van der Waals surface area (Å²) >= 11 is 0. The van der Waals surface area contributed by atoms with Crippen molar-refractivity contribution in [2.24, 2.45) is 5.92 Å². The van der Waals surface area contributed by atoms with Gasteiger partial charge in [-0.3, -0.25) is 0 Å². The molecule has 2 atom stereocenters. The lowest BCUT2D eigenvalue weighted by Gasteiger charge is -2.10. The summed E-state index contributed by atoms with van der Waals surface area (Å²) in [7, 11) is 0. The van der Waals surface area contributed by atoms with Crippen LogP contribution in [-0.4, -0.2) is 17.9 Å². The van der Waals surface area contributed by atoms with E-state index in [1.807, 2.05) is 0 Å². The number of halogens is 1. The Morgan fingerprint density at radius 1 is 1.62 bits per heavy atom. The van der Waals surface area contributed by atoms with Crippen LogP contribution in [0, 0.1) is 5.92 Å². The topological polar surface area (TPSA) is 20.2 Å². The highest BCUT2D eigenvalue weighted by molar-refractivity contribution is 4.60. The first-order chi connectivity index (χ1) is 3.72. The molecule has 0 spiro atoms. The third kappa shape index (κ3) is 2.26. The molecule has 50 valence electrons. The van der Waals surface area contributed by atoms with Crippen LogP contribution in [0.25, 0.3) is 0 Å². The van der Waals surface area contributed by atoms with Crippen LogP contribution in [0.4, 0.5) is 4.39 Å². The first-order valence-corrected chi connectivity index (χ1v) is 2.97. The van der Waals surface area contributed by atoms with Crippen molar-refractivity contribution in [2.75, 3.05) is 6.61 Å². The average Bonchev–Trinajstić information content (AvgIpc) is 1.84. The van der Waals surface area contributed by atoms with E-state index in [9.17, 15) is 4.39 Å². The Morgan fingerprint density at radius 2 is 2.12 bits per heavy atom. The monoisotopic (exact) mass is 120 g/mol. The van der Waals surface area contributed by atoms with Gasteiger partial charge in [-0.05, 0) is 6.42 Å². The molecule has 1 N–H and O–H groups in total. The zero-order valence-electron chi connectivity index (χ0n) is 5.39. The number of hydrogen-bond acceptors (Lipinski definition) is 1. The van der Waals surface area contributed by atoms with Gasteiger partial charge in [0, 0.05) is 12.5 Å². The summed E-state index contributed by atoms with van der Waals surface area (Å²) in [6.45, 7) is 3.43. The lowest BCUT2D eigenvalue weighted by Crippen LogP contribution is -2.14. The normalized spacial score (nSPS) is 18.0. The van der Waals surface area contributed by atoms with Gasteiger partial charge in [-0.1, -0.05) is 13.8 Å². The van der Waals surface area contributed by atoms with Gasteiger partial charge < -0.3 is 5.11 Å². The Kier molecular flexibility index (Phi) is 3.79. The summed E-state index contributed by atoms with van der Waals surface area (Å²) in [6.07, 6.45) is -0.332. The molecule has 0 aliphatic carbocycles. The van der Waals surface area contributed by atoms with Crippen LogP contribution in [0.5, 0.6) is 0 Å². The molecule has 0 aliphatic rings. The molecule has 0 heterocycles. The van der Waals surface area contributed by atoms with E-state index in [4.69, 9.17) is 5.11 Å². The maximum absolute atomic E-state index is 12.4. The van der Waals surface area contributed by atoms with E-state index in [0.29, 0.717) is 6.42 Å². The summed E-state index contributed by atoms with van der Waals surface area (Å²) in [6, 6.07) is 0. The quantitative estimate of drug-likeness (QED) is 0.596. The van der Waals surface area contributed by atoms with Crippen molar-refractivity contribution in [3.05, 3.63) is 0 Å². The van der Waals surface area contributed by atoms with Crippen molar-refractivity contribution in [1.82, 2.24) is 0 Å². The molecular formula is C6H13FO. The minimum Gasteiger partial charge on any atom is -0.396 e. The molecule has 0 unspecified atom stereocenters. The van der Waals surface area contributed by atoms with Crippen LogP contribution < -0.4 is 0 Å². The molecule has 0 aromatic rings. The third-order valence-electron chi connectivity index (χ3n) is 1.30. The maximum Gasteiger partial charge on any atom is 0.105 e. The predicted molar refractivity (Wildman–Crippen MR) is 31.4 cm³/mol. The fraction of sp³-hybridized carbons (Fsp3) is 1.00. The van der Waals surface area contributed by atoms with Gasteiger partial charge in [0.15, 0.2) is 0 Å². The molecular weight excluding hydrogens is 107 g/mol. The third-order valence-corrected chi connectivity index (χ3v) is 1.30. The van der Waals surface area contributed by atoms with Crippen LogP contribution in [0.1, 0.15) is 20.3 Å². The van der Waals surface area contributed by atoms with Gasteiger partial charge >= 0.3 is 0 Å². The predicted octanol–water partition coefficient (Wildman–Crippen LogP) is 1.36. The van der Waals surface area contributed by atoms with Crippen LogP contribution in [0.3, 0.4) is 0 Å². The fourth-order valence-corrected chi connectivity index (χ4v) is 0.517. The summed E-state index contributed by atoms with van der Waals surface area (Å²) < 4.78 is 12.4. The van der Waals surface area contributed by atoms with Crippen molar-refractivity contribution in [3.63, 3.8) is 0 Å². The van der Waals surface area contributed by atoms with Crippen LogP contribution >= 0.6 is 0 Å². The van der Waals surface area contributed by atoms with Crippen LogP contribution in [0.15, 0.2) is 0 Å². The molecule has 0 aromatic carbocycles. The van der Waals surface area contributed by atoms with E-state index in [1.165, 1.54) is 0 Å². The molecule has 0 aliphatic heterocycles. The summed E-state index contributed by atoms with van der Waals surface area (Å²) in [4.78, 5) is 0. The Balaban J connectivity index is 3.29. The van der Waals surface area contributed by atoms with Gasteiger partial charge in [0.1, 0.15) is 6.17 Å². The average molecular weight is 120 g/mol. The van der Waals surface area contributed by atoms with E-state index in [-0.39, 0.29) is 12.5 Å². The Hall–Kier alpha value is -0.110. The van der Waals surface area contributed by atoms with E-state index in [1.54, 1.807) is 13.8 Å². The fourth-order valence-electron chi connectivity index (χ4n) is 0.517. The summed E-state index contributed by atoms with van der Waals surface area (Å²) in [5.74, 6) is -0.194. The zero-order chi connectivity index (χ0) is 6.57. The molecule has 0 radical (unpaired) electrons. The second-order valence-electron chi connectivity index (χ2n) is 2.08. The van der Waals surface area contributed by atoms with Gasteiger partial charge in [-0.2, -0.15) is 0 Å². The van der Waals surface area contributed by atoms with E-state index < -0.39 is 6.17 Å². The molecule has 0 fully saturated rings. The molecule has 0 bridgehead atoms. The number of aliphatic hydroxyl groups is 1. The zero-order valence-corrected chi connectivity index (χ0v) is 5.39. The standard InChI is InChI=1S/C6H13FO/c1-3-6(7)5(2)4-8/h5-6,8H,3-4H2,1-2H3/t5-,6+/m1/s1. The lowest BCUT2D eigenvalue weighted by molar-refractivity contribution is 0.148. The first kappa shape index (κ1) is 7.89. The Morgan fingerprint density at radius 3 is 2.25 bits per heavy atom. The Labute approximate surface area is 49.5 Å². The van der Waals surface area contributed by atoms with Crippen molar-refractivity contribution >= 4 is 0 Å². The number of hydrogen-bond donors (Lipinski definition) is 1. The van der Waals surface area contributed by atoms with Gasteiger partial charge in [-0.15, -0.1) is 0 Å². The second-order valence-corrected chi connectivity index (χ2v) is 2.08. The number of rotatable bonds is 3. The molecule has 8 heavy (non-hydrogen) atoms. The Bertz CT molecular complexity index is 48.5. The highest BCUT2D eigenvalue weighted by Gasteiger charge is 2.11. The van der Waals surface area contributed by atoms with Crippen LogP contribution in [-0.2, 0) is 0 Å². The lowest BCUT2D eigenvalue weighted by atomic mass is 10.1. The highest BCUT2D eigenvalue weighted by Crippen LogP contribution is 2.08. The minimum absolute atomic E-state index is 0.0466. The van der Waals surface area contributed by atoms with Crippen molar-refractivity contribution in [2.45, 2.75) is 26.4 Å². The first-order valence-electron chi connectivity index (χ1n) is 2.97. The van der Waals surface area contributed by atoms with Gasteiger partial charge in [-0.25, -0.2) is 4.39 Å². The number of aliphatic hydroxyl groups excluding tert-OH is 1. The van der Waals surface area contributed by atoms with E-state index >= 15 is 0 Å². The molecule has 0 saturated heterocycles. The molecule has 0 amide bonds. The minimum atomic E-state index is -0.833. The molecule has 0 rings (SSSR count). The molecule has 0 saturated carbocycles. The van der Waals surface area contributed by atoms with E-state index in [0.717, 1.165) is 0 Å². The largest absolute Gasteiger partial charge is 0.396 e. The van der Waals surface area contributed by atoms with Crippen molar-refractivity contribution in [3.8, 4) is 0 Å². The highest BCUT2D eigenvalue weighted by atomic mass is 19.1. The van der Waals surface area contributed by atoms with Crippen LogP contribution in [0.2, 0.25) is 0 Å². The second kappa shape index (κ2) is 3.84. The van der Waals surface area contributed by atoms with Crippen molar-refractivity contribution in [1.29, 1.82) is 0 Å². The summed E-state index contributed by atoms with van der Waals surface area (Å²) in [5.41, 5.74) is 0. The molecule has 2 heteroatoms. The SMILES string of the molecule is CC[C@H](F)[C@H](C)CO. The molecule has 1 nitrogen and oxygen atoms in total. The van der Waals surface area contributed by atoms with Gasteiger partial charge in [0.05, 0.1) is 0 Å². The number of alkyl halides is 1. The maximum atomic E-state index is 12.4. The van der Waals surface area contributed by atoms with Gasteiger partial charge in [0.25, 0.3) is 0 Å². The summed E-state index contributed by atoms with van der Waals surface area (Å²) in [5, 5.41) is 8.40. The smallest absolute Gasteiger partial charge is 0.105 e. The van der Waals surface area contributed by atoms with Crippen molar-refractivity contribution < 1.29 is 9.50 Å². The molecule has 0 aromatic heterocycles. The van der Waals surface area contributed by atoms with Gasteiger partial charge in [0.2, 0.25) is 0 Å². The van der Waals surface area contributed by atoms with E-state index in [2.05, 4.69) is 0 Å².